The van der Waals surface area contributed by atoms with E-state index in [1.807, 2.05) is 18.7 Å². The molecule has 1 saturated carbocycles. The third-order valence-corrected chi connectivity index (χ3v) is 7.72. The van der Waals surface area contributed by atoms with Crippen LogP contribution in [0, 0.1) is 5.92 Å². The Hall–Kier alpha value is -3.59. The van der Waals surface area contributed by atoms with Crippen LogP contribution in [0.25, 0.3) is 11.0 Å². The third-order valence-electron chi connectivity index (χ3n) is 7.72. The first-order valence-electron chi connectivity index (χ1n) is 13.6. The first-order valence-corrected chi connectivity index (χ1v) is 13.6. The van der Waals surface area contributed by atoms with E-state index in [2.05, 4.69) is 62.9 Å². The average molecular weight is 516 g/mol. The van der Waals surface area contributed by atoms with Gasteiger partial charge in [0.05, 0.1) is 11.4 Å². The lowest BCUT2D eigenvalue weighted by Crippen LogP contribution is -2.49. The van der Waals surface area contributed by atoms with Gasteiger partial charge in [0.25, 0.3) is 0 Å². The van der Waals surface area contributed by atoms with Gasteiger partial charge in [-0.05, 0) is 50.3 Å². The molecule has 1 aliphatic carbocycles. The number of nitrogens with one attached hydrogen (secondary N) is 1. The van der Waals surface area contributed by atoms with E-state index >= 15 is 0 Å². The molecule has 1 aromatic carbocycles. The molecule has 9 heteroatoms. The minimum Gasteiger partial charge on any atom is -0.348 e. The van der Waals surface area contributed by atoms with Crippen LogP contribution in [0.15, 0.2) is 54.1 Å². The fraction of sp³-hybridized carbons (Fsp3) is 0.483. The van der Waals surface area contributed by atoms with Crippen LogP contribution < -0.4 is 11.0 Å². The molecular formula is C29H37N7O2. The van der Waals surface area contributed by atoms with Gasteiger partial charge in [-0.3, -0.25) is 14.3 Å². The summed E-state index contributed by atoms with van der Waals surface area (Å²) in [6.07, 6.45) is 8.44. The molecule has 3 aromatic rings. The molecule has 2 aliphatic rings. The van der Waals surface area contributed by atoms with Crippen molar-refractivity contribution < 1.29 is 4.79 Å². The number of benzene rings is 1. The molecule has 0 spiro atoms. The van der Waals surface area contributed by atoms with Crippen LogP contribution in [-0.4, -0.2) is 61.4 Å². The van der Waals surface area contributed by atoms with E-state index in [1.165, 1.54) is 37.1 Å². The predicted molar refractivity (Wildman–Crippen MR) is 149 cm³/mol. The van der Waals surface area contributed by atoms with Crippen LogP contribution >= 0.6 is 0 Å². The Morgan fingerprint density at radius 3 is 2.34 bits per heavy atom. The van der Waals surface area contributed by atoms with Gasteiger partial charge in [0.1, 0.15) is 0 Å². The number of hydrogen-bond acceptors (Lipinski definition) is 7. The maximum absolute atomic E-state index is 12.3. The second kappa shape index (κ2) is 11.0. The van der Waals surface area contributed by atoms with Crippen LogP contribution in [0.5, 0.6) is 0 Å². The van der Waals surface area contributed by atoms with E-state index in [4.69, 9.17) is 0 Å². The summed E-state index contributed by atoms with van der Waals surface area (Å²) >= 11 is 0. The summed E-state index contributed by atoms with van der Waals surface area (Å²) in [7, 11) is 0. The van der Waals surface area contributed by atoms with Gasteiger partial charge in [0, 0.05) is 50.7 Å². The second-order valence-corrected chi connectivity index (χ2v) is 10.8. The highest BCUT2D eigenvalue weighted by molar-refractivity contribution is 5.87. The Labute approximate surface area is 223 Å². The topological polar surface area (TPSA) is 96.3 Å². The zero-order valence-corrected chi connectivity index (χ0v) is 22.5. The summed E-state index contributed by atoms with van der Waals surface area (Å²) in [6.45, 7) is 12.9. The smallest absolute Gasteiger partial charge is 0.348 e. The zero-order valence-electron chi connectivity index (χ0n) is 22.5. The maximum Gasteiger partial charge on any atom is 0.349 e. The Balaban J connectivity index is 1.30. The molecule has 38 heavy (non-hydrogen) atoms. The molecule has 200 valence electrons. The molecule has 1 N–H and O–H groups in total. The van der Waals surface area contributed by atoms with Crippen molar-refractivity contribution in [3.8, 4) is 0 Å². The molecule has 0 unspecified atom stereocenters. The van der Waals surface area contributed by atoms with Gasteiger partial charge in [-0.1, -0.05) is 43.7 Å². The third kappa shape index (κ3) is 5.62. The van der Waals surface area contributed by atoms with E-state index in [-0.39, 0.29) is 23.7 Å². The minimum atomic E-state index is -0.310. The molecule has 1 amide bonds. The van der Waals surface area contributed by atoms with E-state index in [0.29, 0.717) is 17.6 Å². The van der Waals surface area contributed by atoms with Crippen molar-refractivity contribution in [2.24, 2.45) is 5.92 Å². The monoisotopic (exact) mass is 515 g/mol. The quantitative estimate of drug-likeness (QED) is 0.429. The van der Waals surface area contributed by atoms with Crippen molar-refractivity contribution in [3.63, 3.8) is 0 Å². The van der Waals surface area contributed by atoms with Crippen LogP contribution in [-0.2, 0) is 4.79 Å². The lowest BCUT2D eigenvalue weighted by atomic mass is 9.96. The molecule has 3 heterocycles. The Bertz CT molecular complexity index is 1360. The number of anilines is 1. The summed E-state index contributed by atoms with van der Waals surface area (Å²) in [5.41, 5.74) is 2.74. The lowest BCUT2D eigenvalue weighted by molar-refractivity contribution is -0.128. The number of amides is 1. The van der Waals surface area contributed by atoms with Crippen molar-refractivity contribution in [3.05, 3.63) is 70.9 Å². The predicted octanol–water partition coefficient (Wildman–Crippen LogP) is 4.11. The maximum atomic E-state index is 12.3. The minimum absolute atomic E-state index is 0.0158. The molecule has 0 bridgehead atoms. The van der Waals surface area contributed by atoms with Crippen LogP contribution in [0.1, 0.15) is 69.3 Å². The first kappa shape index (κ1) is 26.0. The molecule has 0 radical (unpaired) electrons. The molecule has 2 atom stereocenters. The summed E-state index contributed by atoms with van der Waals surface area (Å²) in [5.74, 6) is 1.30. The SMILES string of the molecule is C=CC(=O)N1CCN([C@@H](CC2CC2)c2ccc([C@H](C)Nc3ncc4cnc(=O)n(C(C)C)c4n3)cc2)CC1. The van der Waals surface area contributed by atoms with Crippen molar-refractivity contribution >= 4 is 22.9 Å². The van der Waals surface area contributed by atoms with Crippen LogP contribution in [0.4, 0.5) is 5.95 Å². The molecule has 5 rings (SSSR count). The van der Waals surface area contributed by atoms with E-state index in [9.17, 15) is 9.59 Å². The van der Waals surface area contributed by atoms with Gasteiger partial charge < -0.3 is 10.2 Å². The van der Waals surface area contributed by atoms with Gasteiger partial charge in [-0.25, -0.2) is 14.8 Å². The zero-order chi connectivity index (χ0) is 26.8. The van der Waals surface area contributed by atoms with Crippen molar-refractivity contribution in [1.82, 2.24) is 29.3 Å². The number of fused-ring (bicyclic) bond motifs is 1. The highest BCUT2D eigenvalue weighted by atomic mass is 16.2. The number of carbonyl (C=O) groups is 1. The number of nitrogens with zero attached hydrogens (tertiary/aromatic N) is 6. The molecule has 2 aromatic heterocycles. The fourth-order valence-electron chi connectivity index (χ4n) is 5.31. The van der Waals surface area contributed by atoms with Crippen molar-refractivity contribution in [1.29, 1.82) is 0 Å². The van der Waals surface area contributed by atoms with Gasteiger partial charge >= 0.3 is 5.69 Å². The Morgan fingerprint density at radius 1 is 1.05 bits per heavy atom. The van der Waals surface area contributed by atoms with Crippen LogP contribution in [0.2, 0.25) is 0 Å². The highest BCUT2D eigenvalue weighted by Crippen LogP contribution is 2.40. The second-order valence-electron chi connectivity index (χ2n) is 10.8. The number of aromatic nitrogens is 4. The Kier molecular flexibility index (Phi) is 7.56. The van der Waals surface area contributed by atoms with Crippen molar-refractivity contribution in [2.75, 3.05) is 31.5 Å². The standard InChI is InChI=1S/C29H37N7O2/c1-5-26(37)35-14-12-34(13-15-35)25(16-21-6-7-21)23-10-8-22(9-11-23)20(4)32-28-30-17-24-18-31-29(38)36(19(2)3)27(24)33-28/h5,8-11,17-21,25H,1,6-7,12-16H2,2-4H3,(H,30,32,33)/t20-,25-/m0/s1. The van der Waals surface area contributed by atoms with E-state index in [1.54, 1.807) is 10.8 Å². The van der Waals surface area contributed by atoms with Gasteiger partial charge in [-0.2, -0.15) is 4.98 Å². The van der Waals surface area contributed by atoms with Crippen LogP contribution in [0.3, 0.4) is 0 Å². The number of hydrogen-bond donors (Lipinski definition) is 1. The number of piperazine rings is 1. The summed E-state index contributed by atoms with van der Waals surface area (Å²) in [6, 6.07) is 9.14. The summed E-state index contributed by atoms with van der Waals surface area (Å²) < 4.78 is 1.59. The summed E-state index contributed by atoms with van der Waals surface area (Å²) in [4.78, 5) is 41.8. The van der Waals surface area contributed by atoms with Gasteiger partial charge in [0.15, 0.2) is 5.65 Å². The average Bonchev–Trinajstić information content (AvgIpc) is 3.75. The molecule has 1 aliphatic heterocycles. The lowest BCUT2D eigenvalue weighted by Gasteiger charge is -2.39. The highest BCUT2D eigenvalue weighted by Gasteiger charge is 2.32. The molecule has 9 nitrogen and oxygen atoms in total. The van der Waals surface area contributed by atoms with Gasteiger partial charge in [-0.15, -0.1) is 0 Å². The molecule has 1 saturated heterocycles. The van der Waals surface area contributed by atoms with E-state index in [0.717, 1.165) is 43.0 Å². The van der Waals surface area contributed by atoms with Gasteiger partial charge in [0.2, 0.25) is 11.9 Å². The van der Waals surface area contributed by atoms with Crippen molar-refractivity contribution in [2.45, 2.75) is 58.2 Å². The largest absolute Gasteiger partial charge is 0.349 e. The molecule has 2 fully saturated rings. The Morgan fingerprint density at radius 2 is 1.71 bits per heavy atom. The first-order chi connectivity index (χ1) is 18.3. The number of rotatable bonds is 9. The normalized spacial score (nSPS) is 17.9. The number of carbonyl (C=O) groups excluding carboxylic acids is 1. The fourth-order valence-corrected chi connectivity index (χ4v) is 5.31. The van der Waals surface area contributed by atoms with E-state index < -0.39 is 0 Å². The summed E-state index contributed by atoms with van der Waals surface area (Å²) in [5, 5.41) is 4.13. The molecular weight excluding hydrogens is 478 g/mol.